The zero-order valence-electron chi connectivity index (χ0n) is 7.39. The molecule has 0 unspecified atom stereocenters. The second kappa shape index (κ2) is 2.54. The van der Waals surface area contributed by atoms with Crippen LogP contribution in [0.2, 0.25) is 19.6 Å². The second-order valence-electron chi connectivity index (χ2n) is 4.21. The molecule has 0 aromatic heterocycles. The van der Waals surface area contributed by atoms with E-state index < -0.39 is 18.1 Å². The molecule has 3 heteroatoms. The molecule has 58 valence electrons. The molecule has 0 aliphatic heterocycles. The van der Waals surface area contributed by atoms with Crippen LogP contribution in [-0.2, 0) is 9.82 Å². The Morgan fingerprint density at radius 3 is 1.33 bits per heavy atom. The standard InChI is InChI=1S/C6H19NSSi/c1-8(2,3)7-9(4,5)6/h8H,1-6H3. The minimum atomic E-state index is -1.12. The lowest BCUT2D eigenvalue weighted by Gasteiger charge is -2.19. The Kier molecular flexibility index (Phi) is 2.64. The van der Waals surface area contributed by atoms with Gasteiger partial charge in [-0.25, -0.2) is 9.82 Å². The highest BCUT2D eigenvalue weighted by Gasteiger charge is 2.11. The quantitative estimate of drug-likeness (QED) is 0.449. The summed E-state index contributed by atoms with van der Waals surface area (Å²) < 4.78 is 4.79. The number of hydrogen-bond acceptors (Lipinski definition) is 1. The zero-order valence-corrected chi connectivity index (χ0v) is 9.29. The number of rotatable bonds is 1. The van der Waals surface area contributed by atoms with Crippen molar-refractivity contribution in [3.8, 4) is 0 Å². The van der Waals surface area contributed by atoms with E-state index in [9.17, 15) is 0 Å². The van der Waals surface area contributed by atoms with Crippen LogP contribution in [0, 0.1) is 0 Å². The highest BCUT2D eigenvalue weighted by atomic mass is 32.2. The SMILES string of the molecule is C[Si](C)(C)N=[SH](C)(C)C. The van der Waals surface area contributed by atoms with Gasteiger partial charge in [-0.1, -0.05) is 0 Å². The maximum Gasteiger partial charge on any atom is 0.178 e. The molecule has 0 saturated heterocycles. The molecule has 0 rings (SSSR count). The maximum atomic E-state index is 4.79. The van der Waals surface area contributed by atoms with E-state index in [1.807, 2.05) is 0 Å². The molecule has 0 amide bonds. The van der Waals surface area contributed by atoms with Crippen molar-refractivity contribution >= 4 is 18.1 Å². The molecule has 0 bridgehead atoms. The molecule has 0 fully saturated rings. The second-order valence-corrected chi connectivity index (χ2v) is 13.2. The first-order valence-electron chi connectivity index (χ1n) is 3.27. The monoisotopic (exact) mass is 165 g/mol. The van der Waals surface area contributed by atoms with Gasteiger partial charge in [0.15, 0.2) is 8.24 Å². The molecule has 0 aliphatic rings. The van der Waals surface area contributed by atoms with Gasteiger partial charge in [0, 0.05) is 0 Å². The molecule has 0 atom stereocenters. The van der Waals surface area contributed by atoms with E-state index in [0.29, 0.717) is 0 Å². The summed E-state index contributed by atoms with van der Waals surface area (Å²) in [6.07, 6.45) is 6.81. The van der Waals surface area contributed by atoms with E-state index >= 15 is 0 Å². The number of nitrogens with zero attached hydrogens (tertiary/aromatic N) is 1. The smallest absolute Gasteiger partial charge is 0.178 e. The van der Waals surface area contributed by atoms with Crippen LogP contribution in [0.25, 0.3) is 0 Å². The van der Waals surface area contributed by atoms with Crippen LogP contribution >= 0.6 is 0 Å². The van der Waals surface area contributed by atoms with Gasteiger partial charge in [-0.05, 0) is 38.4 Å². The lowest BCUT2D eigenvalue weighted by Crippen LogP contribution is -2.21. The van der Waals surface area contributed by atoms with Crippen LogP contribution in [-0.4, -0.2) is 27.0 Å². The molecule has 0 saturated carbocycles. The third-order valence-electron chi connectivity index (χ3n) is 0.600. The van der Waals surface area contributed by atoms with Crippen molar-refractivity contribution in [1.82, 2.24) is 0 Å². The molecule has 0 aromatic carbocycles. The summed E-state index contributed by atoms with van der Waals surface area (Å²) in [4.78, 5) is 0. The molecule has 0 spiro atoms. The topological polar surface area (TPSA) is 12.4 Å². The van der Waals surface area contributed by atoms with Gasteiger partial charge in [0.2, 0.25) is 0 Å². The van der Waals surface area contributed by atoms with Crippen LogP contribution < -0.4 is 0 Å². The first kappa shape index (κ1) is 9.37. The molecule has 0 heterocycles. The van der Waals surface area contributed by atoms with Crippen LogP contribution in [0.15, 0.2) is 4.03 Å². The lowest BCUT2D eigenvalue weighted by molar-refractivity contribution is 1.59. The Morgan fingerprint density at radius 1 is 1.00 bits per heavy atom. The summed E-state index contributed by atoms with van der Waals surface area (Å²) in [5.41, 5.74) is 0. The predicted octanol–water partition coefficient (Wildman–Crippen LogP) is 1.78. The van der Waals surface area contributed by atoms with Crippen molar-refractivity contribution < 1.29 is 0 Å². The van der Waals surface area contributed by atoms with Gasteiger partial charge < -0.3 is 4.03 Å². The van der Waals surface area contributed by atoms with E-state index in [1.165, 1.54) is 0 Å². The van der Waals surface area contributed by atoms with Gasteiger partial charge in [-0.15, -0.1) is 0 Å². The fourth-order valence-corrected chi connectivity index (χ4v) is 8.10. The van der Waals surface area contributed by atoms with Crippen molar-refractivity contribution in [3.05, 3.63) is 0 Å². The minimum Gasteiger partial charge on any atom is -0.324 e. The normalized spacial score (nSPS) is 15.3. The van der Waals surface area contributed by atoms with E-state index in [-0.39, 0.29) is 0 Å². The maximum absolute atomic E-state index is 4.79. The van der Waals surface area contributed by atoms with Gasteiger partial charge >= 0.3 is 0 Å². The van der Waals surface area contributed by atoms with Gasteiger partial charge in [-0.3, -0.25) is 0 Å². The summed E-state index contributed by atoms with van der Waals surface area (Å²) in [5.74, 6) is 0. The van der Waals surface area contributed by atoms with Crippen molar-refractivity contribution in [2.75, 3.05) is 18.8 Å². The van der Waals surface area contributed by atoms with Crippen LogP contribution in [0.1, 0.15) is 0 Å². The number of thiol groups is 1. The fraction of sp³-hybridized carbons (Fsp3) is 1.00. The highest BCUT2D eigenvalue weighted by molar-refractivity contribution is 8.03. The summed E-state index contributed by atoms with van der Waals surface area (Å²) in [7, 11) is -1.97. The molecular weight excluding hydrogens is 146 g/mol. The Labute approximate surface area is 61.0 Å². The van der Waals surface area contributed by atoms with Crippen LogP contribution in [0.5, 0.6) is 0 Å². The minimum absolute atomic E-state index is 0.851. The molecular formula is C6H19NSSi. The first-order valence-corrected chi connectivity index (χ1v) is 9.80. The van der Waals surface area contributed by atoms with Gasteiger partial charge in [0.05, 0.1) is 0 Å². The van der Waals surface area contributed by atoms with Gasteiger partial charge in [-0.2, -0.15) is 0 Å². The summed E-state index contributed by atoms with van der Waals surface area (Å²) >= 11 is 0. The Hall–Kier alpha value is 0.367. The van der Waals surface area contributed by atoms with Crippen molar-refractivity contribution in [1.29, 1.82) is 0 Å². The number of hydrogen-bond donors (Lipinski definition) is 1. The average molecular weight is 165 g/mol. The third-order valence-corrected chi connectivity index (χ3v) is 5.40. The molecule has 0 aromatic rings. The Morgan fingerprint density at radius 2 is 1.33 bits per heavy atom. The summed E-state index contributed by atoms with van der Waals surface area (Å²) in [5, 5.41) is 0. The zero-order chi connectivity index (χ0) is 7.71. The lowest BCUT2D eigenvalue weighted by atomic mass is 11.8. The Bertz CT molecular complexity index is 131. The molecule has 1 nitrogen and oxygen atoms in total. The first-order chi connectivity index (χ1) is 3.71. The van der Waals surface area contributed by atoms with Crippen molar-refractivity contribution in [3.63, 3.8) is 0 Å². The summed E-state index contributed by atoms with van der Waals surface area (Å²) in [6.45, 7) is 6.87. The molecule has 0 N–H and O–H groups in total. The van der Waals surface area contributed by atoms with Gasteiger partial charge in [0.1, 0.15) is 0 Å². The van der Waals surface area contributed by atoms with Crippen molar-refractivity contribution in [2.24, 2.45) is 4.03 Å². The highest BCUT2D eigenvalue weighted by Crippen LogP contribution is 2.07. The fourth-order valence-electron chi connectivity index (χ4n) is 0.900. The van der Waals surface area contributed by atoms with Crippen molar-refractivity contribution in [2.45, 2.75) is 19.6 Å². The van der Waals surface area contributed by atoms with Crippen LogP contribution in [0.4, 0.5) is 0 Å². The predicted molar refractivity (Wildman–Crippen MR) is 52.3 cm³/mol. The Balaban J connectivity index is 4.32. The largest absolute Gasteiger partial charge is 0.324 e. The van der Waals surface area contributed by atoms with E-state index in [0.717, 1.165) is 0 Å². The van der Waals surface area contributed by atoms with Crippen LogP contribution in [0.3, 0.4) is 0 Å². The summed E-state index contributed by atoms with van der Waals surface area (Å²) in [6, 6.07) is 0. The molecule has 9 heavy (non-hydrogen) atoms. The molecule has 0 aliphatic carbocycles. The third kappa shape index (κ3) is 8.37. The van der Waals surface area contributed by atoms with E-state index in [4.69, 9.17) is 4.03 Å². The molecule has 0 radical (unpaired) electrons. The van der Waals surface area contributed by atoms with E-state index in [2.05, 4.69) is 38.4 Å². The average Bonchev–Trinajstić information content (AvgIpc) is 1.14. The van der Waals surface area contributed by atoms with E-state index in [1.54, 1.807) is 0 Å². The van der Waals surface area contributed by atoms with Gasteiger partial charge in [0.25, 0.3) is 0 Å².